The molecule has 0 saturated carbocycles. The first kappa shape index (κ1) is 18.7. The van der Waals surface area contributed by atoms with E-state index in [4.69, 9.17) is 4.74 Å². The monoisotopic (exact) mass is 390 g/mol. The Morgan fingerprint density at radius 1 is 1.14 bits per heavy atom. The van der Waals surface area contributed by atoms with Crippen LogP contribution in [0.25, 0.3) is 27.7 Å². The van der Waals surface area contributed by atoms with Crippen LogP contribution in [0.1, 0.15) is 23.1 Å². The quantitative estimate of drug-likeness (QED) is 0.497. The molecule has 146 valence electrons. The van der Waals surface area contributed by atoms with Crippen molar-refractivity contribution in [3.05, 3.63) is 78.0 Å². The van der Waals surface area contributed by atoms with Gasteiger partial charge >= 0.3 is 5.97 Å². The predicted molar refractivity (Wildman–Crippen MR) is 109 cm³/mol. The summed E-state index contributed by atoms with van der Waals surface area (Å²) < 4.78 is 20.3. The van der Waals surface area contributed by atoms with Gasteiger partial charge in [-0.25, -0.2) is 14.2 Å². The van der Waals surface area contributed by atoms with E-state index in [1.54, 1.807) is 26.0 Å². The molecule has 0 bridgehead atoms. The molecule has 0 aliphatic rings. The van der Waals surface area contributed by atoms with E-state index in [-0.39, 0.29) is 23.9 Å². The van der Waals surface area contributed by atoms with Crippen molar-refractivity contribution in [3.63, 3.8) is 0 Å². The highest BCUT2D eigenvalue weighted by Gasteiger charge is 2.24. The first-order valence-electron chi connectivity index (χ1n) is 9.24. The van der Waals surface area contributed by atoms with Crippen LogP contribution in [0, 0.1) is 12.7 Å². The fourth-order valence-corrected chi connectivity index (χ4v) is 3.48. The number of ether oxygens (including phenoxy) is 1. The number of fused-ring (bicyclic) bond motifs is 1. The number of carbonyl (C=O) groups is 1. The molecule has 1 N–H and O–H groups in total. The van der Waals surface area contributed by atoms with Gasteiger partial charge < -0.3 is 14.4 Å². The highest BCUT2D eigenvalue weighted by Crippen LogP contribution is 2.40. The molecule has 2 heterocycles. The summed E-state index contributed by atoms with van der Waals surface area (Å²) in [6.07, 6.45) is 1.86. The Morgan fingerprint density at radius 2 is 1.83 bits per heavy atom. The Hall–Kier alpha value is -3.67. The third-order valence-corrected chi connectivity index (χ3v) is 4.75. The van der Waals surface area contributed by atoms with Crippen LogP contribution in [-0.4, -0.2) is 27.2 Å². The number of benzene rings is 2. The zero-order valence-electron chi connectivity index (χ0n) is 16.0. The molecule has 0 unspecified atom stereocenters. The molecule has 0 saturated heterocycles. The Bertz CT molecular complexity index is 1200. The lowest BCUT2D eigenvalue weighted by Crippen LogP contribution is -2.09. The van der Waals surface area contributed by atoms with Crippen molar-refractivity contribution >= 4 is 16.9 Å². The molecule has 0 atom stereocenters. The molecule has 0 spiro atoms. The summed E-state index contributed by atoms with van der Waals surface area (Å²) in [7, 11) is 0. The van der Waals surface area contributed by atoms with E-state index < -0.39 is 5.97 Å². The van der Waals surface area contributed by atoms with Crippen LogP contribution in [0.5, 0.6) is 5.75 Å². The van der Waals surface area contributed by atoms with Crippen molar-refractivity contribution in [2.24, 2.45) is 0 Å². The smallest absolute Gasteiger partial charge is 0.360 e. The summed E-state index contributed by atoms with van der Waals surface area (Å²) in [4.78, 5) is 16.6. The van der Waals surface area contributed by atoms with E-state index in [1.807, 2.05) is 41.1 Å². The van der Waals surface area contributed by atoms with Crippen LogP contribution in [0.4, 0.5) is 4.39 Å². The standard InChI is InChI=1S/C23H19FN2O3/c1-3-29-23(28)20-22(27)19-18(15-7-5-4-6-8-15)13-26(21(19)14(2)25-20)17-11-9-16(24)10-12-17/h4-13,27H,3H2,1-2H3. The number of aromatic hydroxyl groups is 1. The van der Waals surface area contributed by atoms with Gasteiger partial charge in [-0.2, -0.15) is 0 Å². The number of halogens is 1. The van der Waals surface area contributed by atoms with E-state index >= 15 is 0 Å². The summed E-state index contributed by atoms with van der Waals surface area (Å²) >= 11 is 0. The number of esters is 1. The third kappa shape index (κ3) is 3.23. The van der Waals surface area contributed by atoms with Crippen LogP contribution in [0.2, 0.25) is 0 Å². The molecule has 6 heteroatoms. The van der Waals surface area contributed by atoms with E-state index in [9.17, 15) is 14.3 Å². The van der Waals surface area contributed by atoms with Gasteiger partial charge in [0.15, 0.2) is 11.4 Å². The minimum atomic E-state index is -0.677. The van der Waals surface area contributed by atoms with Gasteiger partial charge in [-0.1, -0.05) is 30.3 Å². The normalized spacial score (nSPS) is 11.0. The van der Waals surface area contributed by atoms with Crippen molar-refractivity contribution in [2.75, 3.05) is 6.61 Å². The van der Waals surface area contributed by atoms with Gasteiger partial charge in [0, 0.05) is 17.4 Å². The molecule has 29 heavy (non-hydrogen) atoms. The van der Waals surface area contributed by atoms with Crippen molar-refractivity contribution in [3.8, 4) is 22.6 Å². The molecule has 0 aliphatic carbocycles. The lowest BCUT2D eigenvalue weighted by atomic mass is 10.0. The molecule has 2 aromatic heterocycles. The van der Waals surface area contributed by atoms with Crippen LogP contribution in [0.15, 0.2) is 60.8 Å². The van der Waals surface area contributed by atoms with Crippen LogP contribution >= 0.6 is 0 Å². The maximum absolute atomic E-state index is 13.4. The Kier molecular flexibility index (Phi) is 4.76. The lowest BCUT2D eigenvalue weighted by molar-refractivity contribution is 0.0516. The molecule has 0 amide bonds. The summed E-state index contributed by atoms with van der Waals surface area (Å²) in [6, 6.07) is 15.6. The summed E-state index contributed by atoms with van der Waals surface area (Å²) in [5.41, 5.74) is 3.39. The first-order chi connectivity index (χ1) is 14.0. The topological polar surface area (TPSA) is 64.3 Å². The average Bonchev–Trinajstić information content (AvgIpc) is 3.13. The summed E-state index contributed by atoms with van der Waals surface area (Å²) in [5, 5.41) is 11.5. The maximum atomic E-state index is 13.4. The van der Waals surface area contributed by atoms with Crippen molar-refractivity contribution in [2.45, 2.75) is 13.8 Å². The molecule has 2 aromatic carbocycles. The molecule has 0 radical (unpaired) electrons. The second-order valence-electron chi connectivity index (χ2n) is 6.59. The molecule has 4 rings (SSSR count). The van der Waals surface area contributed by atoms with Gasteiger partial charge in [-0.15, -0.1) is 0 Å². The van der Waals surface area contributed by atoms with Gasteiger partial charge in [-0.05, 0) is 43.7 Å². The number of hydrogen-bond acceptors (Lipinski definition) is 4. The van der Waals surface area contributed by atoms with Crippen molar-refractivity contribution in [1.82, 2.24) is 9.55 Å². The van der Waals surface area contributed by atoms with E-state index in [0.29, 0.717) is 22.3 Å². The fraction of sp³-hybridized carbons (Fsp3) is 0.130. The van der Waals surface area contributed by atoms with Crippen molar-refractivity contribution in [1.29, 1.82) is 0 Å². The van der Waals surface area contributed by atoms with Crippen LogP contribution < -0.4 is 0 Å². The minimum absolute atomic E-state index is 0.120. The van der Waals surface area contributed by atoms with E-state index in [2.05, 4.69) is 4.98 Å². The maximum Gasteiger partial charge on any atom is 0.360 e. The molecule has 5 nitrogen and oxygen atoms in total. The number of rotatable bonds is 4. The molecule has 0 aliphatic heterocycles. The highest BCUT2D eigenvalue weighted by molar-refractivity contribution is 6.07. The average molecular weight is 390 g/mol. The number of carbonyl (C=O) groups excluding carboxylic acids is 1. The summed E-state index contributed by atoms with van der Waals surface area (Å²) in [5.74, 6) is -1.25. The Labute approximate surface area is 167 Å². The Morgan fingerprint density at radius 3 is 2.48 bits per heavy atom. The summed E-state index contributed by atoms with van der Waals surface area (Å²) in [6.45, 7) is 3.64. The fourth-order valence-electron chi connectivity index (χ4n) is 3.48. The Balaban J connectivity index is 2.07. The highest BCUT2D eigenvalue weighted by atomic mass is 19.1. The number of aromatic nitrogens is 2. The molecular formula is C23H19FN2O3. The molecule has 0 fully saturated rings. The zero-order valence-corrected chi connectivity index (χ0v) is 16.0. The van der Waals surface area contributed by atoms with Gasteiger partial charge in [0.1, 0.15) is 5.82 Å². The van der Waals surface area contributed by atoms with E-state index in [0.717, 1.165) is 11.1 Å². The van der Waals surface area contributed by atoms with Crippen molar-refractivity contribution < 1.29 is 19.0 Å². The third-order valence-electron chi connectivity index (χ3n) is 4.75. The SMILES string of the molecule is CCOC(=O)c1nc(C)c2c(c(-c3ccccc3)cn2-c2ccc(F)cc2)c1O. The van der Waals surface area contributed by atoms with Gasteiger partial charge in [-0.3, -0.25) is 0 Å². The largest absolute Gasteiger partial charge is 0.505 e. The number of nitrogens with zero attached hydrogens (tertiary/aromatic N) is 2. The second-order valence-corrected chi connectivity index (χ2v) is 6.59. The van der Waals surface area contributed by atoms with Gasteiger partial charge in [0.05, 0.1) is 23.2 Å². The van der Waals surface area contributed by atoms with E-state index in [1.165, 1.54) is 12.1 Å². The van der Waals surface area contributed by atoms with Crippen LogP contribution in [-0.2, 0) is 4.74 Å². The predicted octanol–water partition coefficient (Wildman–Crippen LogP) is 5.02. The number of pyridine rings is 1. The first-order valence-corrected chi connectivity index (χ1v) is 9.24. The number of hydrogen-bond donors (Lipinski definition) is 1. The van der Waals surface area contributed by atoms with Gasteiger partial charge in [0.25, 0.3) is 0 Å². The van der Waals surface area contributed by atoms with Gasteiger partial charge in [0.2, 0.25) is 0 Å². The number of aryl methyl sites for hydroxylation is 1. The zero-order chi connectivity index (χ0) is 20.5. The second kappa shape index (κ2) is 7.39. The van der Waals surface area contributed by atoms with Crippen LogP contribution in [0.3, 0.4) is 0 Å². The molecule has 4 aromatic rings. The lowest BCUT2D eigenvalue weighted by Gasteiger charge is -2.11. The minimum Gasteiger partial charge on any atom is -0.505 e. The molecular weight excluding hydrogens is 371 g/mol.